The first kappa shape index (κ1) is 3.08. The summed E-state index contributed by atoms with van der Waals surface area (Å²) in [6.07, 6.45) is 4.45. The molecule has 0 unspecified atom stereocenters. The Kier molecular flexibility index (Phi) is 0.252. The Morgan fingerprint density at radius 1 is 0.750 bits per heavy atom. The Labute approximate surface area is 46.8 Å². The van der Waals surface area contributed by atoms with Crippen molar-refractivity contribution in [1.29, 1.82) is 0 Å². The van der Waals surface area contributed by atoms with Crippen molar-refractivity contribution >= 4 is 12.2 Å². The van der Waals surface area contributed by atoms with Gasteiger partial charge in [0.15, 0.2) is 0 Å². The molecule has 36 valence electrons. The summed E-state index contributed by atoms with van der Waals surface area (Å²) < 4.78 is 0. The molecule has 0 radical (unpaired) electrons. The lowest BCUT2D eigenvalue weighted by molar-refractivity contribution is 1.68. The lowest BCUT2D eigenvalue weighted by Crippen LogP contribution is -2.05. The Morgan fingerprint density at radius 2 is 1.25 bits per heavy atom. The number of rotatable bonds is 0. The van der Waals surface area contributed by atoms with E-state index in [2.05, 4.69) is 24.3 Å². The third-order valence-corrected chi connectivity index (χ3v) is 1.79. The third kappa shape index (κ3) is 0.195. The van der Waals surface area contributed by atoms with Gasteiger partial charge in [-0.2, -0.15) is 0 Å². The van der Waals surface area contributed by atoms with E-state index in [1.54, 1.807) is 0 Å². The van der Waals surface area contributed by atoms with Gasteiger partial charge in [-0.05, 0) is 33.7 Å². The molecule has 1 aromatic carbocycles. The molecule has 0 nitrogen and oxygen atoms in total. The predicted octanol–water partition coefficient (Wildman–Crippen LogP) is -0.0290. The van der Waals surface area contributed by atoms with Gasteiger partial charge in [0.25, 0.3) is 0 Å². The molecule has 0 bridgehead atoms. The van der Waals surface area contributed by atoms with Crippen LogP contribution in [-0.2, 0) is 0 Å². The molecule has 0 aromatic heterocycles. The fraction of sp³-hybridized carbons (Fsp3) is 0. The smallest absolute Gasteiger partial charge is 0.00988 e. The second-order valence-corrected chi connectivity index (χ2v) is 2.36. The first-order valence-electron chi connectivity index (χ1n) is 2.82. The molecular weight excluding hydrogens is 96.1 g/mol. The van der Waals surface area contributed by atoms with Gasteiger partial charge in [0.1, 0.15) is 0 Å². The van der Waals surface area contributed by atoms with Crippen LogP contribution in [0.15, 0.2) is 12.1 Å². The van der Waals surface area contributed by atoms with Crippen LogP contribution in [0.5, 0.6) is 0 Å². The van der Waals surface area contributed by atoms with Gasteiger partial charge in [-0.1, -0.05) is 12.1 Å². The van der Waals surface area contributed by atoms with E-state index < -0.39 is 0 Å². The van der Waals surface area contributed by atoms with Crippen molar-refractivity contribution in [3.8, 4) is 0 Å². The molecule has 0 spiro atoms. The van der Waals surface area contributed by atoms with E-state index in [1.165, 1.54) is 21.6 Å². The molecule has 0 heteroatoms. The summed E-state index contributed by atoms with van der Waals surface area (Å²) in [5.74, 6) is 0. The van der Waals surface area contributed by atoms with E-state index in [9.17, 15) is 0 Å². The van der Waals surface area contributed by atoms with Crippen LogP contribution in [-0.4, -0.2) is 0 Å². The van der Waals surface area contributed by atoms with Crippen molar-refractivity contribution in [3.63, 3.8) is 0 Å². The van der Waals surface area contributed by atoms with Gasteiger partial charge in [0, 0.05) is 0 Å². The Morgan fingerprint density at radius 3 is 1.75 bits per heavy atom. The molecular formula is C8H4. The van der Waals surface area contributed by atoms with Crippen LogP contribution < -0.4 is 10.4 Å². The summed E-state index contributed by atoms with van der Waals surface area (Å²) in [4.78, 5) is 0. The molecule has 1 aromatic rings. The molecule has 8 heavy (non-hydrogen) atoms. The zero-order valence-electron chi connectivity index (χ0n) is 4.31. The summed E-state index contributed by atoms with van der Waals surface area (Å²) in [6, 6.07) is 4.36. The first-order chi connectivity index (χ1) is 3.95. The lowest BCUT2D eigenvalue weighted by Gasteiger charge is -1.70. The molecule has 2 aliphatic carbocycles. The monoisotopic (exact) mass is 100 g/mol. The SMILES string of the molecule is C1=c2c1ccc1c2=C1. The van der Waals surface area contributed by atoms with Crippen LogP contribution in [0.3, 0.4) is 0 Å². The molecule has 0 saturated carbocycles. The zero-order chi connectivity index (χ0) is 5.14. The highest BCUT2D eigenvalue weighted by atomic mass is 14.2. The highest BCUT2D eigenvalue weighted by Gasteiger charge is 2.13. The van der Waals surface area contributed by atoms with Gasteiger partial charge in [-0.15, -0.1) is 0 Å². The molecule has 0 fully saturated rings. The second kappa shape index (κ2) is 0.655. The van der Waals surface area contributed by atoms with Crippen molar-refractivity contribution in [2.75, 3.05) is 0 Å². The van der Waals surface area contributed by atoms with E-state index in [1.807, 2.05) is 0 Å². The molecule has 0 atom stereocenters. The molecule has 0 saturated heterocycles. The minimum Gasteiger partial charge on any atom is -0.0537 e. The number of hydrogen-bond donors (Lipinski definition) is 0. The number of hydrogen-bond acceptors (Lipinski definition) is 0. The molecule has 0 amide bonds. The van der Waals surface area contributed by atoms with Gasteiger partial charge in [0.2, 0.25) is 0 Å². The topological polar surface area (TPSA) is 0 Å². The van der Waals surface area contributed by atoms with Crippen LogP contribution in [0.1, 0.15) is 11.1 Å². The number of benzene rings is 1. The highest BCUT2D eigenvalue weighted by Crippen LogP contribution is 2.09. The molecule has 2 aliphatic rings. The van der Waals surface area contributed by atoms with Crippen molar-refractivity contribution in [2.45, 2.75) is 0 Å². The van der Waals surface area contributed by atoms with Crippen LogP contribution in [0, 0.1) is 0 Å². The van der Waals surface area contributed by atoms with Crippen LogP contribution in [0.4, 0.5) is 0 Å². The van der Waals surface area contributed by atoms with Crippen molar-refractivity contribution in [1.82, 2.24) is 0 Å². The Hall–Kier alpha value is -1.04. The van der Waals surface area contributed by atoms with Crippen LogP contribution in [0.2, 0.25) is 0 Å². The minimum atomic E-state index is 1.44. The second-order valence-electron chi connectivity index (χ2n) is 2.36. The van der Waals surface area contributed by atoms with Gasteiger partial charge >= 0.3 is 0 Å². The molecule has 0 aliphatic heterocycles. The maximum Gasteiger partial charge on any atom is -0.00988 e. The summed E-state index contributed by atoms with van der Waals surface area (Å²) in [6.45, 7) is 0. The zero-order valence-corrected chi connectivity index (χ0v) is 4.31. The largest absolute Gasteiger partial charge is 0.0537 e. The summed E-state index contributed by atoms with van der Waals surface area (Å²) in [5, 5.41) is 2.98. The Balaban J connectivity index is 2.81. The summed E-state index contributed by atoms with van der Waals surface area (Å²) in [7, 11) is 0. The van der Waals surface area contributed by atoms with Gasteiger partial charge in [0.05, 0.1) is 0 Å². The van der Waals surface area contributed by atoms with E-state index in [-0.39, 0.29) is 0 Å². The maximum atomic E-state index is 2.22. The highest BCUT2D eigenvalue weighted by molar-refractivity contribution is 5.77. The van der Waals surface area contributed by atoms with E-state index in [0.717, 1.165) is 0 Å². The normalized spacial score (nSPS) is 15.0. The van der Waals surface area contributed by atoms with Gasteiger partial charge in [-0.3, -0.25) is 0 Å². The standard InChI is InChI=1S/C8H4/c1-2-6-4-8(6)7-3-5(1)7/h1-4H. The van der Waals surface area contributed by atoms with E-state index in [4.69, 9.17) is 0 Å². The van der Waals surface area contributed by atoms with E-state index in [0.29, 0.717) is 0 Å². The van der Waals surface area contributed by atoms with Crippen molar-refractivity contribution in [3.05, 3.63) is 33.7 Å². The Bertz CT molecular complexity index is 344. The lowest BCUT2D eigenvalue weighted by atomic mass is 10.3. The minimum absolute atomic E-state index is 1.44. The van der Waals surface area contributed by atoms with Crippen molar-refractivity contribution in [2.24, 2.45) is 0 Å². The van der Waals surface area contributed by atoms with Gasteiger partial charge < -0.3 is 0 Å². The summed E-state index contributed by atoms with van der Waals surface area (Å²) in [5.41, 5.74) is 2.88. The number of fused-ring (bicyclic) bond motifs is 3. The molecule has 0 heterocycles. The third-order valence-electron chi connectivity index (χ3n) is 1.79. The first-order valence-corrected chi connectivity index (χ1v) is 2.82. The van der Waals surface area contributed by atoms with Crippen molar-refractivity contribution < 1.29 is 0 Å². The van der Waals surface area contributed by atoms with Crippen LogP contribution in [0.25, 0.3) is 12.2 Å². The van der Waals surface area contributed by atoms with Gasteiger partial charge in [-0.25, -0.2) is 0 Å². The quantitative estimate of drug-likeness (QED) is 0.372. The average molecular weight is 100 g/mol. The van der Waals surface area contributed by atoms with E-state index >= 15 is 0 Å². The maximum absolute atomic E-state index is 2.22. The fourth-order valence-electron chi connectivity index (χ4n) is 1.16. The fourth-order valence-corrected chi connectivity index (χ4v) is 1.16. The summed E-state index contributed by atoms with van der Waals surface area (Å²) >= 11 is 0. The molecule has 0 N–H and O–H groups in total. The molecule has 3 rings (SSSR count). The predicted molar refractivity (Wildman–Crippen MR) is 32.8 cm³/mol. The average Bonchev–Trinajstić information content (AvgIpc) is 2.59. The van der Waals surface area contributed by atoms with Crippen LogP contribution >= 0.6 is 0 Å².